The summed E-state index contributed by atoms with van der Waals surface area (Å²) in [6, 6.07) is 5.80. The molecule has 1 aliphatic carbocycles. The Morgan fingerprint density at radius 2 is 1.86 bits per heavy atom. The van der Waals surface area contributed by atoms with E-state index in [0.29, 0.717) is 47.8 Å². The van der Waals surface area contributed by atoms with E-state index < -0.39 is 12.1 Å². The van der Waals surface area contributed by atoms with Crippen LogP contribution in [0.25, 0.3) is 11.1 Å². The van der Waals surface area contributed by atoms with E-state index in [1.807, 2.05) is 6.07 Å². The summed E-state index contributed by atoms with van der Waals surface area (Å²) in [7, 11) is 4.64. The van der Waals surface area contributed by atoms with Crippen molar-refractivity contribution in [3.63, 3.8) is 0 Å². The van der Waals surface area contributed by atoms with Gasteiger partial charge in [-0.25, -0.2) is 0 Å². The molecule has 0 aromatic heterocycles. The van der Waals surface area contributed by atoms with Crippen molar-refractivity contribution in [2.45, 2.75) is 38.8 Å². The van der Waals surface area contributed by atoms with Gasteiger partial charge in [0.05, 0.1) is 33.1 Å². The summed E-state index contributed by atoms with van der Waals surface area (Å²) in [6.45, 7) is 7.04. The quantitative estimate of drug-likeness (QED) is 0.458. The third kappa shape index (κ3) is 5.45. The zero-order chi connectivity index (χ0) is 26.4. The van der Waals surface area contributed by atoms with Gasteiger partial charge in [-0.3, -0.25) is 14.4 Å². The number of benzene rings is 1. The Hall–Kier alpha value is -4.01. The monoisotopic (exact) mass is 495 g/mol. The van der Waals surface area contributed by atoms with E-state index in [0.717, 1.165) is 11.1 Å². The Morgan fingerprint density at radius 1 is 1.14 bits per heavy atom. The Kier molecular flexibility index (Phi) is 8.58. The number of hydrogen-bond acceptors (Lipinski definition) is 7. The molecule has 192 valence electrons. The standard InChI is InChI=1S/C27H33N3O6/c1-7-12-28-27(33)15(2)29-21-11-9-18-19(14-22(21)32)20(30-16(3)31)10-8-17-13-23(34-4)25(35-5)26(36-6)24(17)18/h7,9,11,13-15,20H,1,8,10,12H2,2-6H3,(H,28,33)(H,29,32)(H,30,31)/t15-,20-/m1/s1. The first-order valence-electron chi connectivity index (χ1n) is 11.7. The highest BCUT2D eigenvalue weighted by Gasteiger charge is 2.29. The van der Waals surface area contributed by atoms with Gasteiger partial charge in [-0.05, 0) is 54.7 Å². The molecule has 3 N–H and O–H groups in total. The number of nitrogens with one attached hydrogen (secondary N) is 3. The number of fused-ring (bicyclic) bond motifs is 3. The minimum Gasteiger partial charge on any atom is -0.493 e. The zero-order valence-corrected chi connectivity index (χ0v) is 21.3. The maximum absolute atomic E-state index is 13.3. The maximum atomic E-state index is 13.3. The fraction of sp³-hybridized carbons (Fsp3) is 0.370. The Morgan fingerprint density at radius 3 is 2.47 bits per heavy atom. The van der Waals surface area contributed by atoms with Crippen LogP contribution < -0.4 is 35.6 Å². The van der Waals surface area contributed by atoms with Crippen molar-refractivity contribution in [1.82, 2.24) is 10.6 Å². The molecule has 0 saturated carbocycles. The topological polar surface area (TPSA) is 115 Å². The van der Waals surface area contributed by atoms with Crippen molar-refractivity contribution in [1.29, 1.82) is 0 Å². The van der Waals surface area contributed by atoms with Crippen LogP contribution in [0.5, 0.6) is 17.2 Å². The van der Waals surface area contributed by atoms with Gasteiger partial charge in [-0.15, -0.1) is 6.58 Å². The minimum atomic E-state index is -0.655. The van der Waals surface area contributed by atoms with E-state index >= 15 is 0 Å². The fourth-order valence-electron chi connectivity index (χ4n) is 4.45. The minimum absolute atomic E-state index is 0.205. The first-order valence-corrected chi connectivity index (χ1v) is 11.7. The van der Waals surface area contributed by atoms with Crippen LogP contribution >= 0.6 is 0 Å². The number of amides is 2. The normalized spacial score (nSPS) is 14.8. The van der Waals surface area contributed by atoms with Gasteiger partial charge in [0, 0.05) is 19.0 Å². The largest absolute Gasteiger partial charge is 0.493 e. The van der Waals surface area contributed by atoms with Gasteiger partial charge >= 0.3 is 0 Å². The van der Waals surface area contributed by atoms with Crippen molar-refractivity contribution in [2.24, 2.45) is 0 Å². The van der Waals surface area contributed by atoms with Gasteiger partial charge in [0.15, 0.2) is 11.5 Å². The molecule has 9 heteroatoms. The molecule has 0 spiro atoms. The van der Waals surface area contributed by atoms with E-state index in [-0.39, 0.29) is 22.9 Å². The van der Waals surface area contributed by atoms with Crippen molar-refractivity contribution in [3.05, 3.63) is 58.3 Å². The van der Waals surface area contributed by atoms with Crippen LogP contribution in [0.1, 0.15) is 37.4 Å². The Bertz CT molecular complexity index is 1230. The van der Waals surface area contributed by atoms with Crippen LogP contribution in [-0.4, -0.2) is 45.7 Å². The number of rotatable bonds is 9. The second kappa shape index (κ2) is 11.6. The van der Waals surface area contributed by atoms with Crippen molar-refractivity contribution >= 4 is 17.5 Å². The molecule has 2 amide bonds. The number of anilines is 1. The molecular formula is C27H33N3O6. The van der Waals surface area contributed by atoms with Gasteiger partial charge in [0.25, 0.3) is 0 Å². The van der Waals surface area contributed by atoms with Gasteiger partial charge in [0.1, 0.15) is 6.04 Å². The third-order valence-electron chi connectivity index (χ3n) is 6.10. The summed E-state index contributed by atoms with van der Waals surface area (Å²) < 4.78 is 16.9. The third-order valence-corrected chi connectivity index (χ3v) is 6.10. The first kappa shape index (κ1) is 26.6. The van der Waals surface area contributed by atoms with Gasteiger partial charge < -0.3 is 30.2 Å². The second-order valence-electron chi connectivity index (χ2n) is 8.50. The van der Waals surface area contributed by atoms with Crippen LogP contribution in [-0.2, 0) is 16.0 Å². The number of hydrogen-bond donors (Lipinski definition) is 3. The van der Waals surface area contributed by atoms with E-state index in [1.165, 1.54) is 20.1 Å². The highest BCUT2D eigenvalue weighted by molar-refractivity contribution is 5.85. The van der Waals surface area contributed by atoms with E-state index in [4.69, 9.17) is 14.2 Å². The molecule has 0 aliphatic heterocycles. The molecule has 0 heterocycles. The van der Waals surface area contributed by atoms with Crippen LogP contribution in [0.3, 0.4) is 0 Å². The molecule has 9 nitrogen and oxygen atoms in total. The number of methoxy groups -OCH3 is 3. The predicted molar refractivity (Wildman–Crippen MR) is 139 cm³/mol. The lowest BCUT2D eigenvalue weighted by atomic mass is 9.95. The van der Waals surface area contributed by atoms with E-state index in [1.54, 1.807) is 39.4 Å². The molecule has 0 unspecified atom stereocenters. The van der Waals surface area contributed by atoms with Crippen molar-refractivity contribution < 1.29 is 23.8 Å². The summed E-state index contributed by atoms with van der Waals surface area (Å²) in [5, 5.41) is 8.69. The molecule has 0 radical (unpaired) electrons. The predicted octanol–water partition coefficient (Wildman–Crippen LogP) is 2.97. The highest BCUT2D eigenvalue weighted by Crippen LogP contribution is 2.50. The maximum Gasteiger partial charge on any atom is 0.242 e. The van der Waals surface area contributed by atoms with Crippen molar-refractivity contribution in [3.8, 4) is 28.4 Å². The number of carbonyl (C=O) groups excluding carboxylic acids is 2. The van der Waals surface area contributed by atoms with Crippen LogP contribution in [0.15, 0.2) is 41.7 Å². The molecule has 3 rings (SSSR count). The van der Waals surface area contributed by atoms with Crippen LogP contribution in [0.4, 0.5) is 5.69 Å². The van der Waals surface area contributed by atoms with Crippen LogP contribution in [0.2, 0.25) is 0 Å². The molecule has 0 saturated heterocycles. The molecule has 36 heavy (non-hydrogen) atoms. The summed E-state index contributed by atoms with van der Waals surface area (Å²) in [5.41, 5.74) is 3.01. The molecule has 0 bridgehead atoms. The average molecular weight is 496 g/mol. The lowest BCUT2D eigenvalue weighted by Crippen LogP contribution is -2.38. The highest BCUT2D eigenvalue weighted by atomic mass is 16.5. The summed E-state index contributed by atoms with van der Waals surface area (Å²) >= 11 is 0. The molecule has 0 fully saturated rings. The van der Waals surface area contributed by atoms with Crippen molar-refractivity contribution in [2.75, 3.05) is 33.2 Å². The summed E-state index contributed by atoms with van der Waals surface area (Å²) in [5.74, 6) is 0.967. The van der Waals surface area contributed by atoms with E-state index in [9.17, 15) is 14.4 Å². The molecule has 2 aromatic rings. The molecule has 1 aliphatic rings. The fourth-order valence-corrected chi connectivity index (χ4v) is 4.45. The second-order valence-corrected chi connectivity index (χ2v) is 8.50. The van der Waals surface area contributed by atoms with Gasteiger partial charge in [-0.2, -0.15) is 0 Å². The summed E-state index contributed by atoms with van der Waals surface area (Å²) in [6.07, 6.45) is 2.75. The smallest absolute Gasteiger partial charge is 0.242 e. The molecular weight excluding hydrogens is 462 g/mol. The van der Waals surface area contributed by atoms with Gasteiger partial charge in [-0.1, -0.05) is 12.1 Å². The van der Waals surface area contributed by atoms with E-state index in [2.05, 4.69) is 22.5 Å². The number of ether oxygens (including phenoxy) is 3. The lowest BCUT2D eigenvalue weighted by molar-refractivity contribution is -0.121. The van der Waals surface area contributed by atoms with Crippen LogP contribution in [0, 0.1) is 0 Å². The number of aryl methyl sites for hydroxylation is 1. The molecule has 2 aromatic carbocycles. The molecule has 2 atom stereocenters. The SMILES string of the molecule is C=CCNC(=O)[C@@H](C)Nc1ccc2c(cc1=O)[C@H](NC(C)=O)CCc1cc(OC)c(OC)c(OC)c1-2. The first-order chi connectivity index (χ1) is 17.2. The summed E-state index contributed by atoms with van der Waals surface area (Å²) in [4.78, 5) is 37.7. The lowest BCUT2D eigenvalue weighted by Gasteiger charge is -2.19. The number of carbonyl (C=O) groups is 2. The average Bonchev–Trinajstić information content (AvgIpc) is 3.10. The van der Waals surface area contributed by atoms with Gasteiger partial charge in [0.2, 0.25) is 23.0 Å². The zero-order valence-electron chi connectivity index (χ0n) is 21.3. The Labute approximate surface area is 210 Å². The Balaban J connectivity index is 2.24.